The highest BCUT2D eigenvalue weighted by Crippen LogP contribution is 2.54. The summed E-state index contributed by atoms with van der Waals surface area (Å²) in [7, 11) is 0. The maximum atomic E-state index is 4.62. The summed E-state index contributed by atoms with van der Waals surface area (Å²) in [5, 5.41) is 0. The maximum absolute atomic E-state index is 4.62. The van der Waals surface area contributed by atoms with Gasteiger partial charge < -0.3 is 0 Å². The molecule has 0 heteroatoms. The Morgan fingerprint density at radius 2 is 1.71 bits per heavy atom. The van der Waals surface area contributed by atoms with E-state index < -0.39 is 0 Å². The molecule has 0 amide bonds. The third kappa shape index (κ3) is 4.04. The SMILES string of the molecule is C=C(CC)C1=C(C)C=C2C/C(=C/c3ccc(C(C)C)cc3)C(=C)C2C1c1ccccc1. The van der Waals surface area contributed by atoms with Gasteiger partial charge in [0.05, 0.1) is 0 Å². The topological polar surface area (TPSA) is 0 Å². The number of benzene rings is 2. The molecule has 1 fully saturated rings. The van der Waals surface area contributed by atoms with Gasteiger partial charge in [0.2, 0.25) is 0 Å². The average Bonchev–Trinajstić information content (AvgIpc) is 3.07. The highest BCUT2D eigenvalue weighted by Gasteiger charge is 2.40. The fourth-order valence-electron chi connectivity index (χ4n) is 5.22. The zero-order chi connectivity index (χ0) is 22.1. The van der Waals surface area contributed by atoms with Crippen molar-refractivity contribution in [2.75, 3.05) is 0 Å². The quantitative estimate of drug-likeness (QED) is 0.465. The summed E-state index contributed by atoms with van der Waals surface area (Å²) in [6.07, 6.45) is 6.72. The van der Waals surface area contributed by atoms with Crippen molar-refractivity contribution < 1.29 is 0 Å². The van der Waals surface area contributed by atoms with Crippen LogP contribution in [0.2, 0.25) is 0 Å². The number of hydrogen-bond acceptors (Lipinski definition) is 0. The Labute approximate surface area is 188 Å². The lowest BCUT2D eigenvalue weighted by molar-refractivity contribution is 0.622. The van der Waals surface area contributed by atoms with Crippen molar-refractivity contribution >= 4 is 6.08 Å². The molecular formula is C31H34. The smallest absolute Gasteiger partial charge is 0.0201 e. The molecule has 1 saturated carbocycles. The Morgan fingerprint density at radius 3 is 2.32 bits per heavy atom. The normalized spacial score (nSPS) is 22.2. The molecule has 2 unspecified atom stereocenters. The molecule has 0 saturated heterocycles. The van der Waals surface area contributed by atoms with Crippen LogP contribution in [0.4, 0.5) is 0 Å². The van der Waals surface area contributed by atoms with E-state index in [0.717, 1.165) is 12.8 Å². The van der Waals surface area contributed by atoms with Gasteiger partial charge in [-0.15, -0.1) is 0 Å². The van der Waals surface area contributed by atoms with E-state index in [1.807, 2.05) is 0 Å². The van der Waals surface area contributed by atoms with Gasteiger partial charge in [0.1, 0.15) is 0 Å². The van der Waals surface area contributed by atoms with Crippen LogP contribution in [0, 0.1) is 5.92 Å². The Bertz CT molecular complexity index is 1080. The molecule has 0 bridgehead atoms. The lowest BCUT2D eigenvalue weighted by atomic mass is 9.69. The van der Waals surface area contributed by atoms with E-state index in [4.69, 9.17) is 0 Å². The van der Waals surface area contributed by atoms with Crippen molar-refractivity contribution in [1.29, 1.82) is 0 Å². The van der Waals surface area contributed by atoms with Crippen LogP contribution in [0.5, 0.6) is 0 Å². The largest absolute Gasteiger partial charge is 0.0955 e. The Kier molecular flexibility index (Phi) is 6.01. The second kappa shape index (κ2) is 8.71. The van der Waals surface area contributed by atoms with Gasteiger partial charge in [0.15, 0.2) is 0 Å². The minimum atomic E-state index is 0.301. The molecular weight excluding hydrogens is 372 g/mol. The molecule has 4 rings (SSSR count). The van der Waals surface area contributed by atoms with Gasteiger partial charge in [-0.3, -0.25) is 0 Å². The predicted octanol–water partition coefficient (Wildman–Crippen LogP) is 8.78. The van der Waals surface area contributed by atoms with Crippen molar-refractivity contribution in [3.05, 3.63) is 124 Å². The first kappa shape index (κ1) is 21.4. The summed E-state index contributed by atoms with van der Waals surface area (Å²) < 4.78 is 0. The molecule has 2 atom stereocenters. The molecule has 31 heavy (non-hydrogen) atoms. The average molecular weight is 407 g/mol. The highest BCUT2D eigenvalue weighted by atomic mass is 14.4. The van der Waals surface area contributed by atoms with Gasteiger partial charge in [0.25, 0.3) is 0 Å². The lowest BCUT2D eigenvalue weighted by Crippen LogP contribution is -2.20. The second-order valence-electron chi connectivity index (χ2n) is 9.33. The molecule has 0 aromatic heterocycles. The summed E-state index contributed by atoms with van der Waals surface area (Å²) in [5.74, 6) is 1.18. The summed E-state index contributed by atoms with van der Waals surface area (Å²) in [6.45, 7) is 18.0. The molecule has 0 nitrogen and oxygen atoms in total. The van der Waals surface area contributed by atoms with Crippen LogP contribution in [0.3, 0.4) is 0 Å². The van der Waals surface area contributed by atoms with Crippen molar-refractivity contribution in [2.45, 2.75) is 52.4 Å². The van der Waals surface area contributed by atoms with Crippen LogP contribution in [-0.2, 0) is 0 Å². The van der Waals surface area contributed by atoms with Crippen molar-refractivity contribution in [1.82, 2.24) is 0 Å². The zero-order valence-electron chi connectivity index (χ0n) is 19.4. The van der Waals surface area contributed by atoms with E-state index in [1.54, 1.807) is 0 Å². The molecule has 158 valence electrons. The number of hydrogen-bond donors (Lipinski definition) is 0. The minimum Gasteiger partial charge on any atom is -0.0955 e. The summed E-state index contributed by atoms with van der Waals surface area (Å²) in [6, 6.07) is 19.9. The van der Waals surface area contributed by atoms with Crippen molar-refractivity contribution in [2.24, 2.45) is 5.92 Å². The van der Waals surface area contributed by atoms with Crippen LogP contribution in [0.15, 0.2) is 107 Å². The second-order valence-corrected chi connectivity index (χ2v) is 9.33. The molecule has 2 aliphatic carbocycles. The first-order valence-corrected chi connectivity index (χ1v) is 11.5. The minimum absolute atomic E-state index is 0.301. The molecule has 0 N–H and O–H groups in total. The van der Waals surface area contributed by atoms with Crippen LogP contribution < -0.4 is 0 Å². The standard InChI is InChI=1S/C31H34/c1-7-21(4)29-22(5)17-28-19-27(18-24-13-15-25(16-14-24)20(2)3)23(6)30(28)31(29)26-11-9-8-10-12-26/h8-18,20,30-31H,4,6-7,19H2,1-3,5H3/b27-18-. The Balaban J connectivity index is 1.75. The molecule has 2 aromatic carbocycles. The molecule has 2 aromatic rings. The van der Waals surface area contributed by atoms with E-state index >= 15 is 0 Å². The number of fused-ring (bicyclic) bond motifs is 1. The van der Waals surface area contributed by atoms with E-state index in [9.17, 15) is 0 Å². The van der Waals surface area contributed by atoms with Crippen LogP contribution in [0.25, 0.3) is 6.08 Å². The van der Waals surface area contributed by atoms with E-state index in [1.165, 1.54) is 50.1 Å². The van der Waals surface area contributed by atoms with E-state index in [-0.39, 0.29) is 0 Å². The van der Waals surface area contributed by atoms with Crippen molar-refractivity contribution in [3.63, 3.8) is 0 Å². The molecule has 2 aliphatic rings. The predicted molar refractivity (Wildman–Crippen MR) is 135 cm³/mol. The fourth-order valence-corrected chi connectivity index (χ4v) is 5.22. The molecule has 0 spiro atoms. The van der Waals surface area contributed by atoms with Gasteiger partial charge in [-0.05, 0) is 64.7 Å². The summed E-state index contributed by atoms with van der Waals surface area (Å²) in [5.41, 5.74) is 12.2. The van der Waals surface area contributed by atoms with Gasteiger partial charge in [0, 0.05) is 11.8 Å². The van der Waals surface area contributed by atoms with Crippen LogP contribution in [-0.4, -0.2) is 0 Å². The highest BCUT2D eigenvalue weighted by molar-refractivity contribution is 5.67. The van der Waals surface area contributed by atoms with Crippen LogP contribution in [0.1, 0.15) is 69.1 Å². The fraction of sp³-hybridized carbons (Fsp3) is 0.290. The van der Waals surface area contributed by atoms with Gasteiger partial charge in [-0.1, -0.05) is 112 Å². The third-order valence-electron chi connectivity index (χ3n) is 6.96. The summed E-state index contributed by atoms with van der Waals surface area (Å²) >= 11 is 0. The van der Waals surface area contributed by atoms with Crippen LogP contribution >= 0.6 is 0 Å². The molecule has 0 heterocycles. The maximum Gasteiger partial charge on any atom is 0.0201 e. The van der Waals surface area contributed by atoms with Crippen molar-refractivity contribution in [3.8, 4) is 0 Å². The van der Waals surface area contributed by atoms with Gasteiger partial charge in [-0.25, -0.2) is 0 Å². The number of allylic oxidation sites excluding steroid dienone is 7. The first-order chi connectivity index (χ1) is 14.9. The Morgan fingerprint density at radius 1 is 1.03 bits per heavy atom. The monoisotopic (exact) mass is 406 g/mol. The zero-order valence-corrected chi connectivity index (χ0v) is 19.4. The summed E-state index contributed by atoms with van der Waals surface area (Å²) in [4.78, 5) is 0. The van der Waals surface area contributed by atoms with Gasteiger partial charge in [-0.2, -0.15) is 0 Å². The van der Waals surface area contributed by atoms with E-state index in [0.29, 0.717) is 17.8 Å². The molecule has 0 radical (unpaired) electrons. The third-order valence-corrected chi connectivity index (χ3v) is 6.96. The van der Waals surface area contributed by atoms with E-state index in [2.05, 4.69) is 108 Å². The molecule has 0 aliphatic heterocycles. The van der Waals surface area contributed by atoms with Gasteiger partial charge >= 0.3 is 0 Å². The first-order valence-electron chi connectivity index (χ1n) is 11.5. The number of rotatable bonds is 5. The Hall–Kier alpha value is -2.86. The lowest BCUT2D eigenvalue weighted by Gasteiger charge is -2.34.